The molecule has 0 aliphatic heterocycles. The Morgan fingerprint density at radius 1 is 1.13 bits per heavy atom. The highest BCUT2D eigenvalue weighted by Gasteiger charge is 2.14. The Kier molecular flexibility index (Phi) is 8.10. The van der Waals surface area contributed by atoms with Crippen LogP contribution >= 0.6 is 27.5 Å². The molecule has 0 spiro atoms. The first kappa shape index (κ1) is 22.6. The van der Waals surface area contributed by atoms with Gasteiger partial charge in [-0.15, -0.1) is 0 Å². The van der Waals surface area contributed by atoms with E-state index in [1.54, 1.807) is 13.2 Å². The van der Waals surface area contributed by atoms with Gasteiger partial charge in [0.1, 0.15) is 12.4 Å². The van der Waals surface area contributed by atoms with E-state index in [2.05, 4.69) is 21.2 Å². The Bertz CT molecular complexity index is 988. The van der Waals surface area contributed by atoms with Crippen LogP contribution in [0.5, 0.6) is 11.5 Å². The molecule has 0 fully saturated rings. The van der Waals surface area contributed by atoms with Crippen LogP contribution in [0.25, 0.3) is 0 Å². The highest BCUT2D eigenvalue weighted by atomic mass is 79.9. The van der Waals surface area contributed by atoms with Gasteiger partial charge in [-0.05, 0) is 51.3 Å². The molecule has 3 aromatic carbocycles. The predicted molar refractivity (Wildman–Crippen MR) is 120 cm³/mol. The van der Waals surface area contributed by atoms with E-state index >= 15 is 0 Å². The van der Waals surface area contributed by atoms with Gasteiger partial charge in [0.15, 0.2) is 11.5 Å². The molecule has 1 atom stereocenters. The molecular formula is C23H22BrClFNO3. The second kappa shape index (κ2) is 10.8. The van der Waals surface area contributed by atoms with Gasteiger partial charge in [0.2, 0.25) is 0 Å². The molecule has 1 unspecified atom stereocenters. The minimum absolute atomic E-state index is 0.176. The molecule has 158 valence electrons. The summed E-state index contributed by atoms with van der Waals surface area (Å²) in [4.78, 5) is 0. The number of hydrogen-bond acceptors (Lipinski definition) is 4. The summed E-state index contributed by atoms with van der Waals surface area (Å²) in [6.07, 6.45) is -0.584. The molecule has 2 N–H and O–H groups in total. The maximum Gasteiger partial charge on any atom is 0.175 e. The first-order valence-electron chi connectivity index (χ1n) is 9.34. The van der Waals surface area contributed by atoms with Crippen LogP contribution < -0.4 is 14.8 Å². The molecule has 0 saturated heterocycles. The number of aliphatic hydroxyl groups excluding tert-OH is 1. The van der Waals surface area contributed by atoms with Crippen molar-refractivity contribution in [1.29, 1.82) is 0 Å². The number of methoxy groups -OCH3 is 1. The van der Waals surface area contributed by atoms with Gasteiger partial charge in [-0.3, -0.25) is 0 Å². The number of ether oxygens (including phenoxy) is 2. The van der Waals surface area contributed by atoms with Crippen LogP contribution in [0.3, 0.4) is 0 Å². The third-order valence-electron chi connectivity index (χ3n) is 4.53. The molecule has 0 bridgehead atoms. The first-order chi connectivity index (χ1) is 14.5. The lowest BCUT2D eigenvalue weighted by Crippen LogP contribution is -2.21. The quantitative estimate of drug-likeness (QED) is 0.403. The summed E-state index contributed by atoms with van der Waals surface area (Å²) >= 11 is 9.59. The van der Waals surface area contributed by atoms with Gasteiger partial charge in [0, 0.05) is 18.7 Å². The summed E-state index contributed by atoms with van der Waals surface area (Å²) in [5, 5.41) is 13.8. The summed E-state index contributed by atoms with van der Waals surface area (Å²) in [7, 11) is 1.57. The van der Waals surface area contributed by atoms with Crippen LogP contribution in [0.4, 0.5) is 4.39 Å². The van der Waals surface area contributed by atoms with Crippen molar-refractivity contribution >= 4 is 27.5 Å². The number of benzene rings is 3. The maximum absolute atomic E-state index is 13.2. The molecular weight excluding hydrogens is 473 g/mol. The van der Waals surface area contributed by atoms with Crippen LogP contribution in [0, 0.1) is 5.82 Å². The Labute approximate surface area is 188 Å². The van der Waals surface area contributed by atoms with Gasteiger partial charge < -0.3 is 19.9 Å². The number of halogens is 3. The van der Waals surface area contributed by atoms with Gasteiger partial charge in [0.05, 0.1) is 22.7 Å². The van der Waals surface area contributed by atoms with Gasteiger partial charge in [0.25, 0.3) is 0 Å². The highest BCUT2D eigenvalue weighted by molar-refractivity contribution is 9.10. The van der Waals surface area contributed by atoms with Crippen LogP contribution in [-0.2, 0) is 13.2 Å². The van der Waals surface area contributed by atoms with Gasteiger partial charge in [-0.2, -0.15) is 0 Å². The molecule has 7 heteroatoms. The van der Waals surface area contributed by atoms with Crippen LogP contribution in [0.2, 0.25) is 5.02 Å². The van der Waals surface area contributed by atoms with E-state index < -0.39 is 11.9 Å². The lowest BCUT2D eigenvalue weighted by molar-refractivity contribution is 0.174. The minimum atomic E-state index is -0.584. The average Bonchev–Trinajstić information content (AvgIpc) is 2.74. The lowest BCUT2D eigenvalue weighted by atomic mass is 10.1. The molecule has 0 heterocycles. The zero-order valence-corrected chi connectivity index (χ0v) is 18.7. The van der Waals surface area contributed by atoms with Crippen molar-refractivity contribution in [2.24, 2.45) is 0 Å². The number of aliphatic hydroxyl groups is 1. The van der Waals surface area contributed by atoms with E-state index in [0.29, 0.717) is 35.2 Å². The fraction of sp³-hybridized carbons (Fsp3) is 0.217. The molecule has 0 amide bonds. The fourth-order valence-corrected chi connectivity index (χ4v) is 3.78. The molecule has 0 aromatic heterocycles. The van der Waals surface area contributed by atoms with Crippen LogP contribution in [0.1, 0.15) is 22.8 Å². The van der Waals surface area contributed by atoms with Crippen molar-refractivity contribution < 1.29 is 19.0 Å². The Hall–Kier alpha value is -2.12. The zero-order chi connectivity index (χ0) is 21.5. The largest absolute Gasteiger partial charge is 0.493 e. The molecule has 0 aliphatic carbocycles. The van der Waals surface area contributed by atoms with Crippen molar-refractivity contribution in [2.45, 2.75) is 19.3 Å². The van der Waals surface area contributed by atoms with Crippen molar-refractivity contribution in [3.63, 3.8) is 0 Å². The fourth-order valence-electron chi connectivity index (χ4n) is 2.95. The van der Waals surface area contributed by atoms with Crippen LogP contribution in [-0.4, -0.2) is 18.8 Å². The third kappa shape index (κ3) is 5.95. The first-order valence-corrected chi connectivity index (χ1v) is 10.5. The van der Waals surface area contributed by atoms with Gasteiger partial charge >= 0.3 is 0 Å². The summed E-state index contributed by atoms with van der Waals surface area (Å²) in [5.41, 5.74) is 2.51. The van der Waals surface area contributed by atoms with Crippen molar-refractivity contribution in [3.8, 4) is 11.5 Å². The molecule has 0 saturated carbocycles. The second-order valence-electron chi connectivity index (χ2n) is 6.69. The molecule has 30 heavy (non-hydrogen) atoms. The summed E-state index contributed by atoms with van der Waals surface area (Å²) in [6, 6.07) is 17.5. The van der Waals surface area contributed by atoms with E-state index in [4.69, 9.17) is 21.1 Å². The predicted octanol–water partition coefficient (Wildman–Crippen LogP) is 5.65. The summed E-state index contributed by atoms with van der Waals surface area (Å²) < 4.78 is 25.3. The third-order valence-corrected chi connectivity index (χ3v) is 5.47. The monoisotopic (exact) mass is 493 g/mol. The Balaban J connectivity index is 1.63. The molecule has 3 aromatic rings. The van der Waals surface area contributed by atoms with E-state index in [-0.39, 0.29) is 6.61 Å². The van der Waals surface area contributed by atoms with Crippen molar-refractivity contribution in [2.75, 3.05) is 13.7 Å². The van der Waals surface area contributed by atoms with E-state index in [1.165, 1.54) is 12.1 Å². The number of hydrogen-bond donors (Lipinski definition) is 2. The van der Waals surface area contributed by atoms with Crippen LogP contribution in [0.15, 0.2) is 65.1 Å². The molecule has 4 nitrogen and oxygen atoms in total. The standard InChI is InChI=1S/C23H22BrClFNO3/c1-29-22-10-15(12-27-13-21(28)16-5-3-2-4-6-16)9-19(24)23(22)30-14-17-7-8-18(26)11-20(17)25/h2-11,21,27-28H,12-14H2,1H3. The van der Waals surface area contributed by atoms with Gasteiger partial charge in [-0.25, -0.2) is 4.39 Å². The van der Waals surface area contributed by atoms with E-state index in [0.717, 1.165) is 15.6 Å². The normalized spacial score (nSPS) is 11.9. The summed E-state index contributed by atoms with van der Waals surface area (Å²) in [6.45, 7) is 1.14. The molecule has 0 radical (unpaired) electrons. The number of nitrogens with one attached hydrogen (secondary N) is 1. The molecule has 3 rings (SSSR count). The minimum Gasteiger partial charge on any atom is -0.493 e. The van der Waals surface area contributed by atoms with E-state index in [1.807, 2.05) is 42.5 Å². The topological polar surface area (TPSA) is 50.7 Å². The summed E-state index contributed by atoms with van der Waals surface area (Å²) in [5.74, 6) is 0.700. The Morgan fingerprint density at radius 2 is 1.90 bits per heavy atom. The second-order valence-corrected chi connectivity index (χ2v) is 7.95. The smallest absolute Gasteiger partial charge is 0.175 e. The molecule has 0 aliphatic rings. The number of rotatable bonds is 9. The highest BCUT2D eigenvalue weighted by Crippen LogP contribution is 2.37. The van der Waals surface area contributed by atoms with Crippen molar-refractivity contribution in [1.82, 2.24) is 5.32 Å². The zero-order valence-electron chi connectivity index (χ0n) is 16.4. The Morgan fingerprint density at radius 3 is 2.60 bits per heavy atom. The van der Waals surface area contributed by atoms with Crippen molar-refractivity contribution in [3.05, 3.63) is 92.7 Å². The maximum atomic E-state index is 13.2. The van der Waals surface area contributed by atoms with E-state index in [9.17, 15) is 9.50 Å². The average molecular weight is 495 g/mol. The SMILES string of the molecule is COc1cc(CNCC(O)c2ccccc2)cc(Br)c1OCc1ccc(F)cc1Cl. The van der Waals surface area contributed by atoms with Gasteiger partial charge in [-0.1, -0.05) is 48.0 Å². The lowest BCUT2D eigenvalue weighted by Gasteiger charge is -2.16.